The van der Waals surface area contributed by atoms with Crippen molar-refractivity contribution < 1.29 is 13.2 Å². The molecule has 2 N–H and O–H groups in total. The Kier molecular flexibility index (Phi) is 4.11. The van der Waals surface area contributed by atoms with E-state index in [0.717, 1.165) is 11.3 Å². The highest BCUT2D eigenvalue weighted by molar-refractivity contribution is 7.89. The first kappa shape index (κ1) is 12.0. The second-order valence-electron chi connectivity index (χ2n) is 3.39. The SMILES string of the molecule is Cc1cccc(OCCCS(N)(=O)=O)c1. The van der Waals surface area contributed by atoms with Gasteiger partial charge < -0.3 is 4.74 Å². The van der Waals surface area contributed by atoms with E-state index in [2.05, 4.69) is 0 Å². The van der Waals surface area contributed by atoms with Crippen LogP contribution < -0.4 is 9.88 Å². The third-order valence-corrected chi connectivity index (χ3v) is 2.69. The predicted octanol–water partition coefficient (Wildman–Crippen LogP) is 1.05. The van der Waals surface area contributed by atoms with Gasteiger partial charge in [-0.2, -0.15) is 0 Å². The van der Waals surface area contributed by atoms with Crippen LogP contribution in [0.25, 0.3) is 0 Å². The zero-order chi connectivity index (χ0) is 11.3. The van der Waals surface area contributed by atoms with Crippen LogP contribution in [0.3, 0.4) is 0 Å². The Hall–Kier alpha value is -1.07. The highest BCUT2D eigenvalue weighted by Crippen LogP contribution is 2.12. The van der Waals surface area contributed by atoms with Crippen LogP contribution in [0.15, 0.2) is 24.3 Å². The van der Waals surface area contributed by atoms with Crippen LogP contribution in [0.2, 0.25) is 0 Å². The number of hydrogen-bond donors (Lipinski definition) is 1. The number of sulfonamides is 1. The summed E-state index contributed by atoms with van der Waals surface area (Å²) in [6, 6.07) is 7.60. The van der Waals surface area contributed by atoms with E-state index >= 15 is 0 Å². The molecule has 0 aliphatic heterocycles. The van der Waals surface area contributed by atoms with E-state index in [-0.39, 0.29) is 5.75 Å². The molecule has 0 spiro atoms. The molecule has 4 nitrogen and oxygen atoms in total. The second-order valence-corrected chi connectivity index (χ2v) is 5.12. The van der Waals surface area contributed by atoms with Gasteiger partial charge in [-0.05, 0) is 31.0 Å². The lowest BCUT2D eigenvalue weighted by molar-refractivity contribution is 0.317. The summed E-state index contributed by atoms with van der Waals surface area (Å²) in [6.07, 6.45) is 0.409. The summed E-state index contributed by atoms with van der Waals surface area (Å²) in [4.78, 5) is 0. The van der Waals surface area contributed by atoms with E-state index in [1.807, 2.05) is 31.2 Å². The molecule has 1 rings (SSSR count). The van der Waals surface area contributed by atoms with Gasteiger partial charge in [0.1, 0.15) is 5.75 Å². The molecule has 0 heterocycles. The Morgan fingerprint density at radius 1 is 1.40 bits per heavy atom. The summed E-state index contributed by atoms with van der Waals surface area (Å²) in [6.45, 7) is 2.33. The first-order valence-electron chi connectivity index (χ1n) is 4.67. The Labute approximate surface area is 90.1 Å². The summed E-state index contributed by atoms with van der Waals surface area (Å²) >= 11 is 0. The Bertz CT molecular complexity index is 414. The minimum atomic E-state index is -3.37. The molecule has 0 saturated carbocycles. The quantitative estimate of drug-likeness (QED) is 0.767. The first-order valence-corrected chi connectivity index (χ1v) is 6.39. The molecule has 0 saturated heterocycles. The van der Waals surface area contributed by atoms with Gasteiger partial charge >= 0.3 is 0 Å². The molecular weight excluding hydrogens is 214 g/mol. The van der Waals surface area contributed by atoms with Crippen LogP contribution in [0, 0.1) is 6.92 Å². The first-order chi connectivity index (χ1) is 6.97. The van der Waals surface area contributed by atoms with Crippen molar-refractivity contribution in [2.45, 2.75) is 13.3 Å². The van der Waals surface area contributed by atoms with Crippen molar-refractivity contribution in [2.75, 3.05) is 12.4 Å². The standard InChI is InChI=1S/C10H15NO3S/c1-9-4-2-5-10(8-9)14-6-3-7-15(11,12)13/h2,4-5,8H,3,6-7H2,1H3,(H2,11,12,13). The summed E-state index contributed by atoms with van der Waals surface area (Å²) in [5, 5.41) is 4.86. The number of ether oxygens (including phenoxy) is 1. The van der Waals surface area contributed by atoms with Crippen molar-refractivity contribution in [2.24, 2.45) is 5.14 Å². The molecule has 0 unspecified atom stereocenters. The van der Waals surface area contributed by atoms with Crippen LogP contribution in [-0.4, -0.2) is 20.8 Å². The molecule has 1 aromatic carbocycles. The van der Waals surface area contributed by atoms with E-state index in [9.17, 15) is 8.42 Å². The van der Waals surface area contributed by atoms with Crippen LogP contribution >= 0.6 is 0 Å². The highest BCUT2D eigenvalue weighted by atomic mass is 32.2. The third kappa shape index (κ3) is 5.39. The number of benzene rings is 1. The van der Waals surface area contributed by atoms with Crippen LogP contribution in [0.5, 0.6) is 5.75 Å². The minimum absolute atomic E-state index is 0.0428. The normalized spacial score (nSPS) is 11.3. The van der Waals surface area contributed by atoms with Crippen LogP contribution in [-0.2, 0) is 10.0 Å². The molecule has 5 heteroatoms. The van der Waals surface area contributed by atoms with Crippen molar-refractivity contribution in [1.82, 2.24) is 0 Å². The Morgan fingerprint density at radius 3 is 2.73 bits per heavy atom. The minimum Gasteiger partial charge on any atom is -0.494 e. The molecule has 0 fully saturated rings. The lowest BCUT2D eigenvalue weighted by atomic mass is 10.2. The maximum absolute atomic E-state index is 10.6. The number of rotatable bonds is 5. The van der Waals surface area contributed by atoms with Crippen LogP contribution in [0.4, 0.5) is 0 Å². The number of nitrogens with two attached hydrogens (primary N) is 1. The van der Waals surface area contributed by atoms with Gasteiger partial charge in [0.25, 0.3) is 0 Å². The Balaban J connectivity index is 2.32. The molecule has 0 amide bonds. The van der Waals surface area contributed by atoms with Crippen molar-refractivity contribution in [1.29, 1.82) is 0 Å². The second kappa shape index (κ2) is 5.14. The van der Waals surface area contributed by atoms with Gasteiger partial charge in [0.05, 0.1) is 12.4 Å². The number of aryl methyl sites for hydroxylation is 1. The average molecular weight is 229 g/mol. The molecular formula is C10H15NO3S. The van der Waals surface area contributed by atoms with Crippen molar-refractivity contribution in [3.63, 3.8) is 0 Å². The van der Waals surface area contributed by atoms with Gasteiger partial charge in [-0.25, -0.2) is 13.6 Å². The fourth-order valence-corrected chi connectivity index (χ4v) is 1.68. The van der Waals surface area contributed by atoms with Gasteiger partial charge in [0.2, 0.25) is 10.0 Å². The Morgan fingerprint density at radius 2 is 2.13 bits per heavy atom. The van der Waals surface area contributed by atoms with Gasteiger partial charge in [0, 0.05) is 0 Å². The topological polar surface area (TPSA) is 69.4 Å². The highest BCUT2D eigenvalue weighted by Gasteiger charge is 2.02. The molecule has 0 radical (unpaired) electrons. The van der Waals surface area contributed by atoms with E-state index in [1.165, 1.54) is 0 Å². The smallest absolute Gasteiger partial charge is 0.209 e. The predicted molar refractivity (Wildman–Crippen MR) is 59.3 cm³/mol. The molecule has 1 aromatic rings. The molecule has 0 bridgehead atoms. The van der Waals surface area contributed by atoms with Gasteiger partial charge in [0.15, 0.2) is 0 Å². The largest absolute Gasteiger partial charge is 0.494 e. The lowest BCUT2D eigenvalue weighted by Crippen LogP contribution is -2.18. The number of primary sulfonamides is 1. The summed E-state index contributed by atoms with van der Waals surface area (Å²) in [5.74, 6) is 0.711. The molecule has 0 aromatic heterocycles. The van der Waals surface area contributed by atoms with E-state index in [0.29, 0.717) is 13.0 Å². The molecule has 84 valence electrons. The maximum Gasteiger partial charge on any atom is 0.209 e. The van der Waals surface area contributed by atoms with Gasteiger partial charge in [-0.15, -0.1) is 0 Å². The fraction of sp³-hybridized carbons (Fsp3) is 0.400. The van der Waals surface area contributed by atoms with Gasteiger partial charge in [-0.3, -0.25) is 0 Å². The fourth-order valence-electron chi connectivity index (χ4n) is 1.16. The zero-order valence-electron chi connectivity index (χ0n) is 8.64. The molecule has 15 heavy (non-hydrogen) atoms. The molecule has 0 aliphatic carbocycles. The van der Waals surface area contributed by atoms with Crippen molar-refractivity contribution >= 4 is 10.0 Å². The molecule has 0 aliphatic rings. The average Bonchev–Trinajstić information content (AvgIpc) is 2.11. The van der Waals surface area contributed by atoms with E-state index in [4.69, 9.17) is 9.88 Å². The summed E-state index contributed by atoms with van der Waals surface area (Å²) < 4.78 is 26.6. The summed E-state index contributed by atoms with van der Waals surface area (Å²) in [7, 11) is -3.37. The van der Waals surface area contributed by atoms with Crippen molar-refractivity contribution in [3.8, 4) is 5.75 Å². The third-order valence-electron chi connectivity index (χ3n) is 1.83. The molecule has 0 atom stereocenters. The monoisotopic (exact) mass is 229 g/mol. The van der Waals surface area contributed by atoms with Gasteiger partial charge in [-0.1, -0.05) is 12.1 Å². The summed E-state index contributed by atoms with van der Waals surface area (Å²) in [5.41, 5.74) is 1.11. The number of hydrogen-bond acceptors (Lipinski definition) is 3. The van der Waals surface area contributed by atoms with Crippen LogP contribution in [0.1, 0.15) is 12.0 Å². The van der Waals surface area contributed by atoms with Crippen molar-refractivity contribution in [3.05, 3.63) is 29.8 Å². The zero-order valence-corrected chi connectivity index (χ0v) is 9.46. The van der Waals surface area contributed by atoms with E-state index < -0.39 is 10.0 Å². The maximum atomic E-state index is 10.6. The van der Waals surface area contributed by atoms with E-state index in [1.54, 1.807) is 0 Å². The lowest BCUT2D eigenvalue weighted by Gasteiger charge is -2.05.